The number of carbonyl (C=O) groups is 2. The third kappa shape index (κ3) is 6.95. The molecule has 0 aromatic heterocycles. The Labute approximate surface area is 159 Å². The van der Waals surface area contributed by atoms with Crippen LogP contribution in [0.3, 0.4) is 0 Å². The number of imide groups is 1. The Morgan fingerprint density at radius 1 is 1.15 bits per heavy atom. The fourth-order valence-corrected chi connectivity index (χ4v) is 2.42. The standard InChI is InChI=1S/C18H28N4O3S/c1-6-21(7-2)17(24)22(16(23)20-26-18(3,4)5)15(19)25-13-14-11-9-8-10-12-14/h8-12,19H,6-7,13H2,1-5H3,(H,20,23). The highest BCUT2D eigenvalue weighted by Crippen LogP contribution is 2.20. The Hall–Kier alpha value is -2.22. The molecule has 0 aliphatic rings. The lowest BCUT2D eigenvalue weighted by atomic mass is 10.2. The predicted octanol–water partition coefficient (Wildman–Crippen LogP) is 4.06. The number of carbonyl (C=O) groups excluding carboxylic acids is 2. The van der Waals surface area contributed by atoms with Gasteiger partial charge < -0.3 is 9.64 Å². The molecule has 8 heteroatoms. The van der Waals surface area contributed by atoms with Gasteiger partial charge in [0.2, 0.25) is 0 Å². The van der Waals surface area contributed by atoms with Crippen molar-refractivity contribution < 1.29 is 14.3 Å². The monoisotopic (exact) mass is 380 g/mol. The summed E-state index contributed by atoms with van der Waals surface area (Å²) in [5, 5.41) is 8.12. The minimum absolute atomic E-state index is 0.0986. The van der Waals surface area contributed by atoms with E-state index in [0.29, 0.717) is 13.1 Å². The van der Waals surface area contributed by atoms with E-state index in [4.69, 9.17) is 10.1 Å². The summed E-state index contributed by atoms with van der Waals surface area (Å²) in [6.07, 6.45) is 0. The molecule has 1 rings (SSSR count). The fourth-order valence-electron chi connectivity index (χ4n) is 1.93. The number of amidine groups is 1. The lowest BCUT2D eigenvalue weighted by Gasteiger charge is -2.28. The van der Waals surface area contributed by atoms with E-state index in [1.165, 1.54) is 16.8 Å². The van der Waals surface area contributed by atoms with Crippen LogP contribution in [-0.2, 0) is 11.3 Å². The molecule has 0 atom stereocenters. The van der Waals surface area contributed by atoms with Crippen LogP contribution in [-0.4, -0.2) is 45.7 Å². The van der Waals surface area contributed by atoms with E-state index < -0.39 is 18.1 Å². The molecule has 1 aromatic rings. The summed E-state index contributed by atoms with van der Waals surface area (Å²) in [5.41, 5.74) is 0.844. The summed E-state index contributed by atoms with van der Waals surface area (Å²) < 4.78 is 7.79. The van der Waals surface area contributed by atoms with Gasteiger partial charge in [0.25, 0.3) is 0 Å². The van der Waals surface area contributed by atoms with Crippen LogP contribution in [0.1, 0.15) is 40.2 Å². The zero-order valence-corrected chi connectivity index (χ0v) is 16.9. The first kappa shape index (κ1) is 21.8. The topological polar surface area (TPSA) is 85.7 Å². The van der Waals surface area contributed by atoms with Gasteiger partial charge in [-0.15, -0.1) is 0 Å². The molecule has 0 unspecified atom stereocenters. The Kier molecular flexibility index (Phi) is 8.44. The molecule has 4 amide bonds. The van der Waals surface area contributed by atoms with Crippen LogP contribution < -0.4 is 4.72 Å². The number of nitrogens with one attached hydrogen (secondary N) is 2. The van der Waals surface area contributed by atoms with Gasteiger partial charge in [0.05, 0.1) is 0 Å². The van der Waals surface area contributed by atoms with Crippen molar-refractivity contribution in [3.8, 4) is 0 Å². The van der Waals surface area contributed by atoms with Gasteiger partial charge in [-0.25, -0.2) is 9.59 Å². The molecule has 0 radical (unpaired) electrons. The number of hydrogen-bond donors (Lipinski definition) is 2. The smallest absolute Gasteiger partial charge is 0.343 e. The van der Waals surface area contributed by atoms with Gasteiger partial charge in [-0.2, -0.15) is 4.90 Å². The average molecular weight is 381 g/mol. The molecule has 1 aromatic carbocycles. The van der Waals surface area contributed by atoms with Crippen molar-refractivity contribution in [3.05, 3.63) is 35.9 Å². The van der Waals surface area contributed by atoms with Crippen LogP contribution >= 0.6 is 11.9 Å². The summed E-state index contributed by atoms with van der Waals surface area (Å²) in [4.78, 5) is 27.4. The van der Waals surface area contributed by atoms with E-state index in [-0.39, 0.29) is 11.4 Å². The summed E-state index contributed by atoms with van der Waals surface area (Å²) in [7, 11) is 0. The van der Waals surface area contributed by atoms with Crippen molar-refractivity contribution >= 4 is 30.0 Å². The second-order valence-corrected chi connectivity index (χ2v) is 8.12. The van der Waals surface area contributed by atoms with Crippen molar-refractivity contribution in [1.29, 1.82) is 5.41 Å². The molecule has 0 heterocycles. The van der Waals surface area contributed by atoms with E-state index in [1.807, 2.05) is 65.0 Å². The molecule has 0 spiro atoms. The largest absolute Gasteiger partial charge is 0.460 e. The van der Waals surface area contributed by atoms with Gasteiger partial charge in [-0.05, 0) is 52.1 Å². The van der Waals surface area contributed by atoms with Crippen molar-refractivity contribution in [2.45, 2.75) is 46.0 Å². The van der Waals surface area contributed by atoms with E-state index in [1.54, 1.807) is 0 Å². The Morgan fingerprint density at radius 2 is 1.73 bits per heavy atom. The zero-order chi connectivity index (χ0) is 19.7. The van der Waals surface area contributed by atoms with Crippen molar-refractivity contribution in [2.24, 2.45) is 0 Å². The Balaban J connectivity index is 2.89. The van der Waals surface area contributed by atoms with E-state index in [9.17, 15) is 9.59 Å². The SMILES string of the molecule is CCN(CC)C(=O)N(C(=N)OCc1ccccc1)C(=O)NSC(C)(C)C. The molecular formula is C18H28N4O3S. The minimum atomic E-state index is -0.695. The molecule has 144 valence electrons. The summed E-state index contributed by atoms with van der Waals surface area (Å²) >= 11 is 1.18. The van der Waals surface area contributed by atoms with Gasteiger partial charge in [0.15, 0.2) is 0 Å². The molecular weight excluding hydrogens is 352 g/mol. The van der Waals surface area contributed by atoms with E-state index in [0.717, 1.165) is 10.5 Å². The Bertz CT molecular complexity index is 613. The van der Waals surface area contributed by atoms with Gasteiger partial charge in [0.1, 0.15) is 6.61 Å². The van der Waals surface area contributed by atoms with Crippen LogP contribution in [0.15, 0.2) is 30.3 Å². The highest BCUT2D eigenvalue weighted by Gasteiger charge is 2.31. The highest BCUT2D eigenvalue weighted by molar-refractivity contribution is 7.99. The van der Waals surface area contributed by atoms with Crippen molar-refractivity contribution in [1.82, 2.24) is 14.5 Å². The molecule has 0 bridgehead atoms. The average Bonchev–Trinajstić information content (AvgIpc) is 2.60. The maximum atomic E-state index is 12.7. The summed E-state index contributed by atoms with van der Waals surface area (Å²) in [6.45, 7) is 10.4. The van der Waals surface area contributed by atoms with Gasteiger partial charge in [-0.3, -0.25) is 10.1 Å². The van der Waals surface area contributed by atoms with E-state index >= 15 is 0 Å². The van der Waals surface area contributed by atoms with Crippen LogP contribution in [0, 0.1) is 5.41 Å². The van der Waals surface area contributed by atoms with Gasteiger partial charge in [-0.1, -0.05) is 30.3 Å². The van der Waals surface area contributed by atoms with Gasteiger partial charge >= 0.3 is 18.1 Å². The number of hydrogen-bond acceptors (Lipinski definition) is 5. The maximum Gasteiger partial charge on any atom is 0.343 e. The molecule has 0 fully saturated rings. The fraction of sp³-hybridized carbons (Fsp3) is 0.500. The third-order valence-corrected chi connectivity index (χ3v) is 4.18. The first-order valence-corrected chi connectivity index (χ1v) is 9.33. The molecule has 26 heavy (non-hydrogen) atoms. The summed E-state index contributed by atoms with van der Waals surface area (Å²) in [6, 6.07) is 7.50. The molecule has 0 saturated carbocycles. The van der Waals surface area contributed by atoms with Crippen LogP contribution in [0.5, 0.6) is 0 Å². The quantitative estimate of drug-likeness (QED) is 0.458. The molecule has 0 aliphatic heterocycles. The third-order valence-electron chi connectivity index (χ3n) is 3.29. The summed E-state index contributed by atoms with van der Waals surface area (Å²) in [5.74, 6) is 0. The first-order chi connectivity index (χ1) is 12.2. The lowest BCUT2D eigenvalue weighted by Crippen LogP contribution is -2.52. The second kappa shape index (κ2) is 10.1. The number of nitrogens with zero attached hydrogens (tertiary/aromatic N) is 2. The molecule has 0 saturated heterocycles. The normalized spacial score (nSPS) is 10.8. The zero-order valence-electron chi connectivity index (χ0n) is 16.0. The number of benzene rings is 1. The Morgan fingerprint density at radius 3 is 2.23 bits per heavy atom. The van der Waals surface area contributed by atoms with Crippen LogP contribution in [0.25, 0.3) is 0 Å². The number of rotatable bonds is 5. The number of amides is 4. The number of urea groups is 2. The predicted molar refractivity (Wildman–Crippen MR) is 105 cm³/mol. The van der Waals surface area contributed by atoms with Crippen molar-refractivity contribution in [3.63, 3.8) is 0 Å². The minimum Gasteiger partial charge on any atom is -0.460 e. The lowest BCUT2D eigenvalue weighted by molar-refractivity contribution is 0.162. The molecule has 0 aliphatic carbocycles. The molecule has 7 nitrogen and oxygen atoms in total. The van der Waals surface area contributed by atoms with Crippen molar-refractivity contribution in [2.75, 3.05) is 13.1 Å². The highest BCUT2D eigenvalue weighted by atomic mass is 32.2. The second-order valence-electron chi connectivity index (χ2n) is 6.49. The number of ether oxygens (including phenoxy) is 1. The van der Waals surface area contributed by atoms with Crippen LogP contribution in [0.2, 0.25) is 0 Å². The van der Waals surface area contributed by atoms with Crippen LogP contribution in [0.4, 0.5) is 9.59 Å². The first-order valence-electron chi connectivity index (χ1n) is 8.51. The van der Waals surface area contributed by atoms with E-state index in [2.05, 4.69) is 4.72 Å². The maximum absolute atomic E-state index is 12.7. The molecule has 2 N–H and O–H groups in total. The van der Waals surface area contributed by atoms with Gasteiger partial charge in [0, 0.05) is 17.8 Å².